The molecule has 0 saturated carbocycles. The second-order valence-corrected chi connectivity index (χ2v) is 8.28. The van der Waals surface area contributed by atoms with Crippen molar-refractivity contribution in [1.29, 1.82) is 5.26 Å². The van der Waals surface area contributed by atoms with Crippen LogP contribution in [0.15, 0.2) is 23.9 Å². The summed E-state index contributed by atoms with van der Waals surface area (Å²) in [6.45, 7) is 6.76. The van der Waals surface area contributed by atoms with Gasteiger partial charge in [-0.25, -0.2) is 0 Å². The third-order valence-corrected chi connectivity index (χ3v) is 2.07. The summed E-state index contributed by atoms with van der Waals surface area (Å²) in [6, 6.07) is 1.94. The molecule has 0 fully saturated rings. The summed E-state index contributed by atoms with van der Waals surface area (Å²) >= 11 is 0. The Bertz CT molecular complexity index is 178. The average molecular weight is 151 g/mol. The van der Waals surface area contributed by atoms with Crippen molar-refractivity contribution < 1.29 is 0 Å². The minimum absolute atomic E-state index is 1.05. The maximum absolute atomic E-state index is 8.14. The molecule has 0 aromatic heterocycles. The van der Waals surface area contributed by atoms with Crippen molar-refractivity contribution in [2.45, 2.75) is 19.6 Å². The Morgan fingerprint density at radius 3 is 2.20 bits per heavy atom. The lowest BCUT2D eigenvalue weighted by Crippen LogP contribution is -2.14. The van der Waals surface area contributed by atoms with Gasteiger partial charge in [-0.3, -0.25) is 0 Å². The highest BCUT2D eigenvalue weighted by Crippen LogP contribution is 2.01. The van der Waals surface area contributed by atoms with E-state index in [1.54, 1.807) is 6.08 Å². The van der Waals surface area contributed by atoms with Crippen LogP contribution in [0.2, 0.25) is 19.6 Å². The Morgan fingerprint density at radius 1 is 1.20 bits per heavy atom. The Balaban J connectivity index is 3.81. The highest BCUT2D eigenvalue weighted by Gasteiger charge is 2.05. The number of allylic oxidation sites excluding steroid dienone is 3. The molecule has 10 heavy (non-hydrogen) atoms. The molecular weight excluding hydrogens is 138 g/mol. The van der Waals surface area contributed by atoms with Gasteiger partial charge in [-0.2, -0.15) is 5.26 Å². The third kappa shape index (κ3) is 7.19. The molecule has 0 aliphatic heterocycles. The zero-order valence-electron chi connectivity index (χ0n) is 6.76. The molecule has 0 unspecified atom stereocenters. The fourth-order valence-electron chi connectivity index (χ4n) is 0.443. The lowest BCUT2D eigenvalue weighted by Gasteiger charge is -2.06. The van der Waals surface area contributed by atoms with Gasteiger partial charge in [0.15, 0.2) is 0 Å². The monoisotopic (exact) mass is 151 g/mol. The van der Waals surface area contributed by atoms with Gasteiger partial charge in [0.25, 0.3) is 0 Å². The number of nitrogens with zero attached hydrogens (tertiary/aromatic N) is 1. The molecule has 54 valence electrons. The zero-order chi connectivity index (χ0) is 8.04. The van der Waals surface area contributed by atoms with Crippen molar-refractivity contribution in [2.24, 2.45) is 0 Å². The van der Waals surface area contributed by atoms with Crippen LogP contribution >= 0.6 is 0 Å². The molecule has 0 aromatic rings. The highest BCUT2D eigenvalue weighted by atomic mass is 28.3. The van der Waals surface area contributed by atoms with E-state index in [4.69, 9.17) is 5.26 Å². The van der Waals surface area contributed by atoms with Gasteiger partial charge in [-0.05, 0) is 0 Å². The van der Waals surface area contributed by atoms with Crippen LogP contribution in [-0.2, 0) is 0 Å². The summed E-state index contributed by atoms with van der Waals surface area (Å²) in [5.74, 6) is 0. The maximum atomic E-state index is 8.14. The van der Waals surface area contributed by atoms with Crippen LogP contribution in [0.25, 0.3) is 0 Å². The predicted molar refractivity (Wildman–Crippen MR) is 47.2 cm³/mol. The van der Waals surface area contributed by atoms with E-state index < -0.39 is 8.07 Å². The lowest BCUT2D eigenvalue weighted by molar-refractivity contribution is 1.53. The van der Waals surface area contributed by atoms with Gasteiger partial charge in [0, 0.05) is 6.08 Å². The van der Waals surface area contributed by atoms with E-state index in [-0.39, 0.29) is 0 Å². The second-order valence-electron chi connectivity index (χ2n) is 3.21. The van der Waals surface area contributed by atoms with Crippen molar-refractivity contribution in [1.82, 2.24) is 0 Å². The molecule has 2 heteroatoms. The summed E-state index contributed by atoms with van der Waals surface area (Å²) in [5, 5.41) is 8.14. The SMILES string of the molecule is C[Si](C)(C)/C=C/C=C\C#N. The molecule has 0 N–H and O–H groups in total. The van der Waals surface area contributed by atoms with Crippen LogP contribution in [0.4, 0.5) is 0 Å². The van der Waals surface area contributed by atoms with Gasteiger partial charge in [0.05, 0.1) is 14.1 Å². The van der Waals surface area contributed by atoms with Crippen molar-refractivity contribution >= 4 is 8.07 Å². The smallest absolute Gasteiger partial charge is 0.0912 e. The van der Waals surface area contributed by atoms with E-state index in [9.17, 15) is 0 Å². The summed E-state index contributed by atoms with van der Waals surface area (Å²) in [4.78, 5) is 0. The fourth-order valence-corrected chi connectivity index (χ4v) is 1.13. The number of hydrogen-bond acceptors (Lipinski definition) is 1. The van der Waals surface area contributed by atoms with Crippen molar-refractivity contribution in [3.05, 3.63) is 23.9 Å². The van der Waals surface area contributed by atoms with Gasteiger partial charge < -0.3 is 0 Å². The zero-order valence-corrected chi connectivity index (χ0v) is 7.76. The van der Waals surface area contributed by atoms with E-state index in [0.29, 0.717) is 0 Å². The normalized spacial score (nSPS) is 12.6. The number of rotatable bonds is 2. The van der Waals surface area contributed by atoms with Gasteiger partial charge >= 0.3 is 0 Å². The summed E-state index contributed by atoms with van der Waals surface area (Å²) in [5.41, 5.74) is 2.20. The van der Waals surface area contributed by atoms with E-state index in [0.717, 1.165) is 0 Å². The molecule has 0 aliphatic carbocycles. The van der Waals surface area contributed by atoms with Crippen LogP contribution < -0.4 is 0 Å². The standard InChI is InChI=1S/C8H13NSi/c1-10(2,3)8-6-4-5-7-9/h4-6,8H,1-3H3/b5-4-,8-6+. The molecule has 0 amide bonds. The van der Waals surface area contributed by atoms with Crippen molar-refractivity contribution in [2.75, 3.05) is 0 Å². The quantitative estimate of drug-likeness (QED) is 0.338. The predicted octanol–water partition coefficient (Wildman–Crippen LogP) is 2.50. The molecule has 0 rings (SSSR count). The first-order valence-electron chi connectivity index (χ1n) is 3.30. The molecule has 0 radical (unpaired) electrons. The molecule has 0 aliphatic rings. The Morgan fingerprint density at radius 2 is 1.80 bits per heavy atom. The van der Waals surface area contributed by atoms with Gasteiger partial charge in [-0.1, -0.05) is 37.5 Å². The van der Waals surface area contributed by atoms with Gasteiger partial charge in [-0.15, -0.1) is 0 Å². The van der Waals surface area contributed by atoms with E-state index in [1.165, 1.54) is 6.08 Å². The largest absolute Gasteiger partial charge is 0.193 e. The molecule has 0 heterocycles. The van der Waals surface area contributed by atoms with Gasteiger partial charge in [0.1, 0.15) is 0 Å². The third-order valence-electron chi connectivity index (χ3n) is 0.878. The first-order valence-corrected chi connectivity index (χ1v) is 6.88. The van der Waals surface area contributed by atoms with Crippen LogP contribution in [0.1, 0.15) is 0 Å². The van der Waals surface area contributed by atoms with E-state index >= 15 is 0 Å². The molecule has 0 aromatic carbocycles. The molecule has 0 spiro atoms. The van der Waals surface area contributed by atoms with E-state index in [1.807, 2.05) is 12.1 Å². The Kier molecular flexibility index (Phi) is 3.74. The first kappa shape index (κ1) is 9.19. The van der Waals surface area contributed by atoms with Crippen LogP contribution in [0, 0.1) is 11.3 Å². The van der Waals surface area contributed by atoms with Crippen molar-refractivity contribution in [3.63, 3.8) is 0 Å². The summed E-state index contributed by atoms with van der Waals surface area (Å²) < 4.78 is 0. The topological polar surface area (TPSA) is 23.8 Å². The molecule has 0 bridgehead atoms. The Labute approximate surface area is 63.7 Å². The first-order chi connectivity index (χ1) is 4.56. The number of nitriles is 1. The molecule has 1 nitrogen and oxygen atoms in total. The fraction of sp³-hybridized carbons (Fsp3) is 0.375. The molecule has 0 saturated heterocycles. The van der Waals surface area contributed by atoms with Crippen LogP contribution in [-0.4, -0.2) is 8.07 Å². The number of hydrogen-bond donors (Lipinski definition) is 0. The lowest BCUT2D eigenvalue weighted by atomic mass is 10.5. The maximum Gasteiger partial charge on any atom is 0.0912 e. The minimum atomic E-state index is -1.05. The minimum Gasteiger partial charge on any atom is -0.193 e. The van der Waals surface area contributed by atoms with Crippen LogP contribution in [0.3, 0.4) is 0 Å². The van der Waals surface area contributed by atoms with Crippen molar-refractivity contribution in [3.8, 4) is 6.07 Å². The average Bonchev–Trinajstić information content (AvgIpc) is 1.78. The summed E-state index contributed by atoms with van der Waals surface area (Å²) in [7, 11) is -1.05. The Hall–Kier alpha value is -0.813. The van der Waals surface area contributed by atoms with E-state index in [2.05, 4.69) is 25.3 Å². The molecular formula is C8H13NSi. The molecule has 0 atom stereocenters. The van der Waals surface area contributed by atoms with Gasteiger partial charge in [0.2, 0.25) is 0 Å². The summed E-state index contributed by atoms with van der Waals surface area (Å²) in [6.07, 6.45) is 5.21. The second kappa shape index (κ2) is 4.07. The van der Waals surface area contributed by atoms with Crippen LogP contribution in [0.5, 0.6) is 0 Å². The highest BCUT2D eigenvalue weighted by molar-refractivity contribution is 6.80.